The molecule has 0 aliphatic carbocycles. The summed E-state index contributed by atoms with van der Waals surface area (Å²) in [7, 11) is 0. The molecule has 0 saturated heterocycles. The van der Waals surface area contributed by atoms with Crippen LogP contribution in [0.3, 0.4) is 0 Å². The highest BCUT2D eigenvalue weighted by molar-refractivity contribution is 5.81. The summed E-state index contributed by atoms with van der Waals surface area (Å²) in [6.07, 6.45) is 5.04. The van der Waals surface area contributed by atoms with Crippen molar-refractivity contribution in [1.82, 2.24) is 0 Å². The van der Waals surface area contributed by atoms with Crippen LogP contribution < -0.4 is 0 Å². The van der Waals surface area contributed by atoms with Crippen LogP contribution in [-0.2, 0) is 28.6 Å². The predicted molar refractivity (Wildman–Crippen MR) is 94.4 cm³/mol. The molecule has 0 aliphatic heterocycles. The summed E-state index contributed by atoms with van der Waals surface area (Å²) in [6, 6.07) is 0. The quantitative estimate of drug-likeness (QED) is 0.167. The Morgan fingerprint density at radius 2 is 1.04 bits per heavy atom. The molecule has 0 heterocycles. The molecule has 0 aromatic carbocycles. The summed E-state index contributed by atoms with van der Waals surface area (Å²) < 4.78 is 14.9. The zero-order valence-electron chi connectivity index (χ0n) is 16.3. The second-order valence-electron chi connectivity index (χ2n) is 7.25. The second-order valence-corrected chi connectivity index (χ2v) is 7.25. The predicted octanol–water partition coefficient (Wildman–Crippen LogP) is -1.76. The van der Waals surface area contributed by atoms with Gasteiger partial charge in [0.2, 0.25) is 0 Å². The van der Waals surface area contributed by atoms with Gasteiger partial charge in [0, 0.05) is 0 Å². The number of terminal acetylenes is 1. The molecule has 0 saturated carbocycles. The molecule has 0 radical (unpaired) electrons. The van der Waals surface area contributed by atoms with Crippen LogP contribution in [-0.4, -0.2) is 84.6 Å². The van der Waals surface area contributed by atoms with Crippen molar-refractivity contribution >= 4 is 17.9 Å². The Hall–Kier alpha value is -2.19. The summed E-state index contributed by atoms with van der Waals surface area (Å²) in [6.45, 7) is -0.540. The molecule has 0 aromatic rings. The van der Waals surface area contributed by atoms with Crippen molar-refractivity contribution in [2.75, 3.05) is 46.2 Å². The number of esters is 3. The summed E-state index contributed by atoms with van der Waals surface area (Å²) in [4.78, 5) is 36.5. The SMILES string of the molecule is C#CCOC(=O)C(C)(COC(=O)C(C)(CO)CO)COC(=O)C(C)(CO)CO. The molecule has 0 aliphatic rings. The van der Waals surface area contributed by atoms with Gasteiger partial charge in [-0.3, -0.25) is 14.4 Å². The number of hydrogen-bond acceptors (Lipinski definition) is 10. The maximum Gasteiger partial charge on any atom is 0.319 e. The van der Waals surface area contributed by atoms with Crippen LogP contribution in [0.2, 0.25) is 0 Å². The Bertz CT molecular complexity index is 550. The van der Waals surface area contributed by atoms with Gasteiger partial charge >= 0.3 is 17.9 Å². The highest BCUT2D eigenvalue weighted by atomic mass is 16.6. The average molecular weight is 404 g/mol. The molecule has 0 bridgehead atoms. The Balaban J connectivity index is 5.34. The Kier molecular flexibility index (Phi) is 10.1. The van der Waals surface area contributed by atoms with Crippen molar-refractivity contribution in [2.45, 2.75) is 20.8 Å². The fraction of sp³-hybridized carbons (Fsp3) is 0.722. The third-order valence-corrected chi connectivity index (χ3v) is 4.20. The maximum atomic E-state index is 12.3. The Morgan fingerprint density at radius 3 is 1.32 bits per heavy atom. The molecule has 0 spiro atoms. The number of carbonyl (C=O) groups is 3. The number of ether oxygens (including phenoxy) is 3. The maximum absolute atomic E-state index is 12.3. The number of aliphatic hydroxyl groups is 4. The topological polar surface area (TPSA) is 160 Å². The molecule has 160 valence electrons. The summed E-state index contributed by atoms with van der Waals surface area (Å²) in [5, 5.41) is 37.0. The highest BCUT2D eigenvalue weighted by Gasteiger charge is 2.43. The van der Waals surface area contributed by atoms with Crippen LogP contribution in [0.4, 0.5) is 0 Å². The zero-order chi connectivity index (χ0) is 22.0. The number of rotatable bonds is 12. The van der Waals surface area contributed by atoms with Gasteiger partial charge in [-0.05, 0) is 20.8 Å². The molecule has 10 nitrogen and oxygen atoms in total. The molecule has 0 unspecified atom stereocenters. The van der Waals surface area contributed by atoms with Crippen LogP contribution >= 0.6 is 0 Å². The normalized spacial score (nSPS) is 12.1. The van der Waals surface area contributed by atoms with E-state index in [9.17, 15) is 34.8 Å². The van der Waals surface area contributed by atoms with Gasteiger partial charge in [0.1, 0.15) is 29.5 Å². The van der Waals surface area contributed by atoms with Crippen LogP contribution in [0.1, 0.15) is 20.8 Å². The molecule has 10 heteroatoms. The molecule has 0 fully saturated rings. The van der Waals surface area contributed by atoms with Crippen molar-refractivity contribution in [1.29, 1.82) is 0 Å². The summed E-state index contributed by atoms with van der Waals surface area (Å²) in [5.74, 6) is -0.779. The van der Waals surface area contributed by atoms with Crippen molar-refractivity contribution < 1.29 is 49.0 Å². The fourth-order valence-electron chi connectivity index (χ4n) is 1.60. The Morgan fingerprint density at radius 1 is 0.714 bits per heavy atom. The fourth-order valence-corrected chi connectivity index (χ4v) is 1.60. The first-order chi connectivity index (χ1) is 13.0. The van der Waals surface area contributed by atoms with Crippen LogP contribution in [0.25, 0.3) is 0 Å². The number of carbonyl (C=O) groups excluding carboxylic acids is 3. The molecule has 0 atom stereocenters. The van der Waals surface area contributed by atoms with Crippen molar-refractivity contribution in [2.24, 2.45) is 16.2 Å². The third-order valence-electron chi connectivity index (χ3n) is 4.20. The minimum Gasteiger partial charge on any atom is -0.464 e. The van der Waals surface area contributed by atoms with Crippen LogP contribution in [0, 0.1) is 28.6 Å². The summed E-state index contributed by atoms with van der Waals surface area (Å²) >= 11 is 0. The van der Waals surface area contributed by atoms with Crippen molar-refractivity contribution in [3.05, 3.63) is 0 Å². The number of aliphatic hydroxyl groups excluding tert-OH is 4. The van der Waals surface area contributed by atoms with E-state index in [0.29, 0.717) is 0 Å². The van der Waals surface area contributed by atoms with Crippen LogP contribution in [0.15, 0.2) is 0 Å². The van der Waals surface area contributed by atoms with E-state index in [4.69, 9.17) is 20.6 Å². The lowest BCUT2D eigenvalue weighted by atomic mass is 9.90. The van der Waals surface area contributed by atoms with Crippen LogP contribution in [0.5, 0.6) is 0 Å². The van der Waals surface area contributed by atoms with Gasteiger partial charge in [0.05, 0.1) is 26.4 Å². The van der Waals surface area contributed by atoms with E-state index in [1.807, 2.05) is 0 Å². The molecule has 0 aromatic heterocycles. The van der Waals surface area contributed by atoms with Gasteiger partial charge in [-0.2, -0.15) is 0 Å². The highest BCUT2D eigenvalue weighted by Crippen LogP contribution is 2.25. The number of hydrogen-bond donors (Lipinski definition) is 4. The molecular formula is C18H28O10. The zero-order valence-corrected chi connectivity index (χ0v) is 16.3. The van der Waals surface area contributed by atoms with Crippen molar-refractivity contribution in [3.8, 4) is 12.3 Å². The van der Waals surface area contributed by atoms with Gasteiger partial charge in [0.15, 0.2) is 6.61 Å². The van der Waals surface area contributed by atoms with E-state index >= 15 is 0 Å². The minimum atomic E-state index is -1.67. The lowest BCUT2D eigenvalue weighted by molar-refractivity contribution is -0.178. The van der Waals surface area contributed by atoms with E-state index in [1.165, 1.54) is 20.8 Å². The molecule has 0 rings (SSSR count). The molecule has 28 heavy (non-hydrogen) atoms. The Labute approximate surface area is 163 Å². The average Bonchev–Trinajstić information content (AvgIpc) is 2.72. The minimum absolute atomic E-state index is 0.369. The molecule has 4 N–H and O–H groups in total. The van der Waals surface area contributed by atoms with E-state index in [1.54, 1.807) is 0 Å². The van der Waals surface area contributed by atoms with Gasteiger partial charge < -0.3 is 34.6 Å². The first-order valence-electron chi connectivity index (χ1n) is 8.37. The second kappa shape index (κ2) is 11.0. The van der Waals surface area contributed by atoms with Gasteiger partial charge in [-0.15, -0.1) is 6.42 Å². The van der Waals surface area contributed by atoms with Gasteiger partial charge in [-0.25, -0.2) is 0 Å². The lowest BCUT2D eigenvalue weighted by Crippen LogP contribution is -2.45. The monoisotopic (exact) mass is 404 g/mol. The van der Waals surface area contributed by atoms with Gasteiger partial charge in [0.25, 0.3) is 0 Å². The van der Waals surface area contributed by atoms with Gasteiger partial charge in [-0.1, -0.05) is 5.92 Å². The van der Waals surface area contributed by atoms with E-state index in [2.05, 4.69) is 5.92 Å². The first kappa shape index (κ1) is 25.8. The smallest absolute Gasteiger partial charge is 0.319 e. The standard InChI is InChI=1S/C18H28O10/c1-5-6-26-15(25)18(4,11-27-13(23)16(2,7-19)8-20)12-28-14(24)17(3,9-21)10-22/h1,19-22H,6-12H2,2-4H3. The van der Waals surface area contributed by atoms with E-state index < -0.39 is 73.8 Å². The largest absolute Gasteiger partial charge is 0.464 e. The van der Waals surface area contributed by atoms with E-state index in [0.717, 1.165) is 0 Å². The van der Waals surface area contributed by atoms with E-state index in [-0.39, 0.29) is 6.61 Å². The molecule has 0 amide bonds. The molecular weight excluding hydrogens is 376 g/mol. The third kappa shape index (κ3) is 6.45. The summed E-state index contributed by atoms with van der Waals surface area (Å²) in [5.41, 5.74) is -4.85. The first-order valence-corrected chi connectivity index (χ1v) is 8.37. The lowest BCUT2D eigenvalue weighted by Gasteiger charge is -2.30. The van der Waals surface area contributed by atoms with Crippen molar-refractivity contribution in [3.63, 3.8) is 0 Å².